The molecule has 0 atom stereocenters. The molecule has 0 saturated carbocycles. The highest BCUT2D eigenvalue weighted by Crippen LogP contribution is 2.37. The lowest BCUT2D eigenvalue weighted by molar-refractivity contribution is 0.172. The molecule has 4 rings (SSSR count). The van der Waals surface area contributed by atoms with Gasteiger partial charge in [-0.05, 0) is 36.4 Å². The second-order valence-corrected chi connectivity index (χ2v) is 8.74. The van der Waals surface area contributed by atoms with Crippen LogP contribution >= 0.6 is 11.6 Å². The molecule has 0 radical (unpaired) electrons. The van der Waals surface area contributed by atoms with Crippen molar-refractivity contribution < 1.29 is 14.3 Å². The van der Waals surface area contributed by atoms with Gasteiger partial charge in [0.25, 0.3) is 0 Å². The number of nitrogens with zero attached hydrogens (tertiary/aromatic N) is 2. The van der Waals surface area contributed by atoms with Gasteiger partial charge in [0, 0.05) is 10.4 Å². The van der Waals surface area contributed by atoms with Crippen molar-refractivity contribution in [3.8, 4) is 17.2 Å². The number of carbonyl (C=O) groups excluding carboxylic acids is 1. The zero-order valence-electron chi connectivity index (χ0n) is 17.7. The highest BCUT2D eigenvalue weighted by Gasteiger charge is 2.21. The molecule has 1 aromatic heterocycles. The Morgan fingerprint density at radius 2 is 1.90 bits per heavy atom. The van der Waals surface area contributed by atoms with Crippen LogP contribution in [0.1, 0.15) is 32.2 Å². The van der Waals surface area contributed by atoms with E-state index in [1.54, 1.807) is 6.07 Å². The number of rotatable bonds is 4. The van der Waals surface area contributed by atoms with Gasteiger partial charge in [-0.1, -0.05) is 44.5 Å². The first-order valence-electron chi connectivity index (χ1n) is 10.1. The zero-order valence-corrected chi connectivity index (χ0v) is 18.5. The number of urea groups is 1. The molecule has 0 aliphatic carbocycles. The Kier molecular flexibility index (Phi) is 5.78. The molecule has 1 aliphatic heterocycles. The van der Waals surface area contributed by atoms with Crippen LogP contribution in [0.15, 0.2) is 48.5 Å². The molecule has 0 unspecified atom stereocenters. The van der Waals surface area contributed by atoms with Gasteiger partial charge in [0.1, 0.15) is 13.2 Å². The van der Waals surface area contributed by atoms with Gasteiger partial charge in [-0.25, -0.2) is 9.48 Å². The van der Waals surface area contributed by atoms with Crippen LogP contribution in [0.5, 0.6) is 11.5 Å². The van der Waals surface area contributed by atoms with Crippen molar-refractivity contribution in [2.75, 3.05) is 18.5 Å². The standard InChI is InChI=1S/C23H25ClN4O3/c1-23(2,3)20-13-17(28(27-20)16-7-4-6-15(24)12-16)14-25-22(29)26-18-8-5-9-19-21(18)31-11-10-30-19/h4-9,12-13H,10-11,14H2,1-3H3,(H2,25,26,29). The highest BCUT2D eigenvalue weighted by atomic mass is 35.5. The smallest absolute Gasteiger partial charge is 0.319 e. The second-order valence-electron chi connectivity index (χ2n) is 8.30. The fourth-order valence-electron chi connectivity index (χ4n) is 3.25. The third kappa shape index (κ3) is 4.77. The number of carbonyl (C=O) groups is 1. The van der Waals surface area contributed by atoms with E-state index in [-0.39, 0.29) is 18.0 Å². The summed E-state index contributed by atoms with van der Waals surface area (Å²) in [7, 11) is 0. The van der Waals surface area contributed by atoms with Crippen molar-refractivity contribution in [1.82, 2.24) is 15.1 Å². The summed E-state index contributed by atoms with van der Waals surface area (Å²) in [6.07, 6.45) is 0. The number of benzene rings is 2. The van der Waals surface area contributed by atoms with E-state index in [1.807, 2.05) is 47.1 Å². The topological polar surface area (TPSA) is 77.4 Å². The van der Waals surface area contributed by atoms with Crippen molar-refractivity contribution in [1.29, 1.82) is 0 Å². The molecule has 2 N–H and O–H groups in total. The number of halogens is 1. The number of nitrogens with one attached hydrogen (secondary N) is 2. The summed E-state index contributed by atoms with van der Waals surface area (Å²) in [6.45, 7) is 7.52. The van der Waals surface area contributed by atoms with E-state index in [4.69, 9.17) is 26.2 Å². The van der Waals surface area contributed by atoms with Gasteiger partial charge in [-0.3, -0.25) is 0 Å². The van der Waals surface area contributed by atoms with E-state index in [1.165, 1.54) is 0 Å². The van der Waals surface area contributed by atoms with Crippen molar-refractivity contribution in [3.63, 3.8) is 0 Å². The molecule has 0 bridgehead atoms. The number of aromatic nitrogens is 2. The fourth-order valence-corrected chi connectivity index (χ4v) is 3.44. The first kappa shape index (κ1) is 21.1. The van der Waals surface area contributed by atoms with Crippen LogP contribution in [0.4, 0.5) is 10.5 Å². The molecule has 0 saturated heterocycles. The lowest BCUT2D eigenvalue weighted by Gasteiger charge is -2.21. The summed E-state index contributed by atoms with van der Waals surface area (Å²) in [5.74, 6) is 1.17. The lowest BCUT2D eigenvalue weighted by atomic mass is 9.92. The third-order valence-corrected chi connectivity index (χ3v) is 5.08. The Hall–Kier alpha value is -3.19. The molecule has 2 heterocycles. The number of hydrogen-bond donors (Lipinski definition) is 2. The van der Waals surface area contributed by atoms with E-state index >= 15 is 0 Å². The van der Waals surface area contributed by atoms with Crippen LogP contribution in [-0.4, -0.2) is 29.0 Å². The van der Waals surface area contributed by atoms with E-state index in [0.29, 0.717) is 35.4 Å². The Morgan fingerprint density at radius 3 is 2.68 bits per heavy atom. The van der Waals surface area contributed by atoms with Crippen LogP contribution in [0.25, 0.3) is 5.69 Å². The van der Waals surface area contributed by atoms with Crippen molar-refractivity contribution >= 4 is 23.3 Å². The first-order valence-corrected chi connectivity index (χ1v) is 10.5. The summed E-state index contributed by atoms with van der Waals surface area (Å²) < 4.78 is 13.0. The van der Waals surface area contributed by atoms with Gasteiger partial charge < -0.3 is 20.1 Å². The van der Waals surface area contributed by atoms with Crippen LogP contribution < -0.4 is 20.1 Å². The molecular weight excluding hydrogens is 416 g/mol. The largest absolute Gasteiger partial charge is 0.486 e. The summed E-state index contributed by atoms with van der Waals surface area (Å²) in [5.41, 5.74) is 3.03. The maximum absolute atomic E-state index is 12.6. The maximum atomic E-state index is 12.6. The Labute approximate surface area is 186 Å². The first-order chi connectivity index (χ1) is 14.8. The minimum absolute atomic E-state index is 0.138. The van der Waals surface area contributed by atoms with Crippen LogP contribution in [0.2, 0.25) is 5.02 Å². The quantitative estimate of drug-likeness (QED) is 0.603. The summed E-state index contributed by atoms with van der Waals surface area (Å²) in [4.78, 5) is 12.6. The normalized spacial score (nSPS) is 13.0. The molecule has 2 amide bonds. The predicted octanol–water partition coefficient (Wildman–Crippen LogP) is 4.92. The number of ether oxygens (including phenoxy) is 2. The van der Waals surface area contributed by atoms with Crippen LogP contribution in [-0.2, 0) is 12.0 Å². The monoisotopic (exact) mass is 440 g/mol. The van der Waals surface area contributed by atoms with Crippen molar-refractivity contribution in [2.24, 2.45) is 0 Å². The maximum Gasteiger partial charge on any atom is 0.319 e. The summed E-state index contributed by atoms with van der Waals surface area (Å²) in [5, 5.41) is 11.1. The molecule has 1 aliphatic rings. The number of hydrogen-bond acceptors (Lipinski definition) is 4. The minimum atomic E-state index is -0.348. The SMILES string of the molecule is CC(C)(C)c1cc(CNC(=O)Nc2cccc3c2OCCO3)n(-c2cccc(Cl)c2)n1. The number of anilines is 1. The van der Waals surface area contributed by atoms with Gasteiger partial charge in [0.05, 0.1) is 29.3 Å². The average Bonchev–Trinajstić information content (AvgIpc) is 3.17. The fraction of sp³-hybridized carbons (Fsp3) is 0.304. The molecule has 8 heteroatoms. The molecular formula is C23H25ClN4O3. The lowest BCUT2D eigenvalue weighted by Crippen LogP contribution is -2.29. The number of para-hydroxylation sites is 1. The highest BCUT2D eigenvalue weighted by molar-refractivity contribution is 6.30. The van der Waals surface area contributed by atoms with Crippen molar-refractivity contribution in [2.45, 2.75) is 32.7 Å². The molecule has 0 spiro atoms. The Morgan fingerprint density at radius 1 is 1.13 bits per heavy atom. The molecule has 7 nitrogen and oxygen atoms in total. The molecule has 2 aromatic carbocycles. The predicted molar refractivity (Wildman–Crippen MR) is 121 cm³/mol. The Balaban J connectivity index is 1.53. The number of fused-ring (bicyclic) bond motifs is 1. The van der Waals surface area contributed by atoms with Gasteiger partial charge in [0.2, 0.25) is 0 Å². The van der Waals surface area contributed by atoms with Crippen LogP contribution in [0, 0.1) is 0 Å². The van der Waals surface area contributed by atoms with Gasteiger partial charge in [-0.15, -0.1) is 0 Å². The summed E-state index contributed by atoms with van der Waals surface area (Å²) >= 11 is 6.18. The van der Waals surface area contributed by atoms with E-state index in [2.05, 4.69) is 31.4 Å². The van der Waals surface area contributed by atoms with E-state index in [9.17, 15) is 4.79 Å². The zero-order chi connectivity index (χ0) is 22.0. The van der Waals surface area contributed by atoms with Crippen molar-refractivity contribution in [3.05, 3.63) is 64.9 Å². The average molecular weight is 441 g/mol. The van der Waals surface area contributed by atoms with Gasteiger partial charge in [0.15, 0.2) is 11.5 Å². The molecule has 0 fully saturated rings. The minimum Gasteiger partial charge on any atom is -0.486 e. The van der Waals surface area contributed by atoms with E-state index in [0.717, 1.165) is 17.1 Å². The third-order valence-electron chi connectivity index (χ3n) is 4.85. The van der Waals surface area contributed by atoms with Crippen LogP contribution in [0.3, 0.4) is 0 Å². The molecule has 31 heavy (non-hydrogen) atoms. The summed E-state index contributed by atoms with van der Waals surface area (Å²) in [6, 6.07) is 14.5. The van der Waals surface area contributed by atoms with Gasteiger partial charge >= 0.3 is 6.03 Å². The van der Waals surface area contributed by atoms with E-state index < -0.39 is 0 Å². The molecule has 162 valence electrons. The second kappa shape index (κ2) is 8.51. The molecule has 3 aromatic rings. The van der Waals surface area contributed by atoms with Gasteiger partial charge in [-0.2, -0.15) is 5.10 Å². The Bertz CT molecular complexity index is 1100. The number of amides is 2.